The standard InChI is InChI=1S/C16H25N3O4.2ClH/c1-21-13-5-4-12(15(22-2)16(13)23-3)11-18-6-8-19(9-7-18)14(20)10-17;;/h4-5H,6-11,17H2,1-3H3;2*1H. The minimum Gasteiger partial charge on any atom is -0.493 e. The molecule has 0 bridgehead atoms. The van der Waals surface area contributed by atoms with Crippen LogP contribution in [0.5, 0.6) is 17.2 Å². The number of methoxy groups -OCH3 is 3. The molecule has 0 spiro atoms. The van der Waals surface area contributed by atoms with Crippen molar-refractivity contribution < 1.29 is 19.0 Å². The van der Waals surface area contributed by atoms with Crippen molar-refractivity contribution in [3.05, 3.63) is 17.7 Å². The molecular weight excluding hydrogens is 369 g/mol. The number of rotatable bonds is 6. The van der Waals surface area contributed by atoms with E-state index < -0.39 is 0 Å². The normalized spacial score (nSPS) is 14.2. The zero-order chi connectivity index (χ0) is 16.8. The van der Waals surface area contributed by atoms with Crippen molar-refractivity contribution >= 4 is 30.7 Å². The van der Waals surface area contributed by atoms with E-state index in [4.69, 9.17) is 19.9 Å². The van der Waals surface area contributed by atoms with Crippen LogP contribution < -0.4 is 19.9 Å². The molecule has 0 aliphatic carbocycles. The second kappa shape index (κ2) is 11.3. The van der Waals surface area contributed by atoms with Crippen LogP contribution in [0.1, 0.15) is 5.56 Å². The summed E-state index contributed by atoms with van der Waals surface area (Å²) in [5.74, 6) is 1.94. The summed E-state index contributed by atoms with van der Waals surface area (Å²) in [5.41, 5.74) is 6.44. The van der Waals surface area contributed by atoms with Gasteiger partial charge in [-0.3, -0.25) is 9.69 Å². The van der Waals surface area contributed by atoms with E-state index in [1.165, 1.54) is 0 Å². The van der Waals surface area contributed by atoms with Crippen molar-refractivity contribution in [1.82, 2.24) is 9.80 Å². The third-order valence-corrected chi connectivity index (χ3v) is 4.08. The molecule has 1 heterocycles. The van der Waals surface area contributed by atoms with Gasteiger partial charge in [0.2, 0.25) is 11.7 Å². The average Bonchev–Trinajstić information content (AvgIpc) is 2.61. The predicted molar refractivity (Wildman–Crippen MR) is 102 cm³/mol. The summed E-state index contributed by atoms with van der Waals surface area (Å²) in [6.45, 7) is 3.82. The molecule has 0 saturated carbocycles. The van der Waals surface area contributed by atoms with E-state index in [0.29, 0.717) is 30.3 Å². The Morgan fingerprint density at radius 3 is 2.08 bits per heavy atom. The zero-order valence-electron chi connectivity index (χ0n) is 14.8. The van der Waals surface area contributed by atoms with Crippen LogP contribution in [-0.4, -0.2) is 69.8 Å². The summed E-state index contributed by atoms with van der Waals surface area (Å²) in [7, 11) is 4.82. The van der Waals surface area contributed by atoms with Crippen LogP contribution >= 0.6 is 24.8 Å². The van der Waals surface area contributed by atoms with E-state index in [1.807, 2.05) is 17.0 Å². The number of benzene rings is 1. The minimum absolute atomic E-state index is 0. The number of amides is 1. The molecule has 1 saturated heterocycles. The van der Waals surface area contributed by atoms with E-state index in [1.54, 1.807) is 21.3 Å². The molecule has 0 radical (unpaired) electrons. The van der Waals surface area contributed by atoms with Crippen molar-refractivity contribution in [3.8, 4) is 17.2 Å². The third-order valence-electron chi connectivity index (χ3n) is 4.08. The largest absolute Gasteiger partial charge is 0.493 e. The van der Waals surface area contributed by atoms with Gasteiger partial charge in [-0.05, 0) is 6.07 Å². The highest BCUT2D eigenvalue weighted by Gasteiger charge is 2.22. The number of halogens is 2. The molecule has 1 fully saturated rings. The zero-order valence-corrected chi connectivity index (χ0v) is 16.5. The lowest BCUT2D eigenvalue weighted by molar-refractivity contribution is -0.131. The molecule has 2 rings (SSSR count). The molecule has 1 aromatic carbocycles. The molecular formula is C16H27Cl2N3O4. The number of hydrogen-bond acceptors (Lipinski definition) is 6. The molecule has 0 atom stereocenters. The molecule has 0 unspecified atom stereocenters. The quantitative estimate of drug-likeness (QED) is 0.778. The van der Waals surface area contributed by atoms with Crippen molar-refractivity contribution in [2.75, 3.05) is 54.1 Å². The Balaban J connectivity index is 0.00000288. The monoisotopic (exact) mass is 395 g/mol. The van der Waals surface area contributed by atoms with Gasteiger partial charge in [0, 0.05) is 38.3 Å². The van der Waals surface area contributed by atoms with E-state index in [2.05, 4.69) is 4.90 Å². The molecule has 1 aliphatic heterocycles. The van der Waals surface area contributed by atoms with Crippen LogP contribution in [0.3, 0.4) is 0 Å². The number of hydrogen-bond donors (Lipinski definition) is 1. The summed E-state index contributed by atoms with van der Waals surface area (Å²) < 4.78 is 16.2. The van der Waals surface area contributed by atoms with Gasteiger partial charge in [0.25, 0.3) is 0 Å². The summed E-state index contributed by atoms with van der Waals surface area (Å²) in [6, 6.07) is 3.86. The maximum atomic E-state index is 11.6. The highest BCUT2D eigenvalue weighted by molar-refractivity contribution is 5.85. The number of nitrogens with zero attached hydrogens (tertiary/aromatic N) is 2. The summed E-state index contributed by atoms with van der Waals surface area (Å²) in [5, 5.41) is 0. The SMILES string of the molecule is COc1ccc(CN2CCN(C(=O)CN)CC2)c(OC)c1OC.Cl.Cl. The highest BCUT2D eigenvalue weighted by atomic mass is 35.5. The van der Waals surface area contributed by atoms with E-state index >= 15 is 0 Å². The smallest absolute Gasteiger partial charge is 0.236 e. The summed E-state index contributed by atoms with van der Waals surface area (Å²) in [6.07, 6.45) is 0. The lowest BCUT2D eigenvalue weighted by Gasteiger charge is -2.34. The molecule has 1 amide bonds. The summed E-state index contributed by atoms with van der Waals surface area (Å²) in [4.78, 5) is 15.7. The Morgan fingerprint density at radius 2 is 1.60 bits per heavy atom. The number of nitrogens with two attached hydrogens (primary N) is 1. The van der Waals surface area contributed by atoms with Crippen molar-refractivity contribution in [2.24, 2.45) is 5.73 Å². The van der Waals surface area contributed by atoms with Crippen molar-refractivity contribution in [2.45, 2.75) is 6.54 Å². The Morgan fingerprint density at radius 1 is 1.00 bits per heavy atom. The van der Waals surface area contributed by atoms with E-state index in [9.17, 15) is 4.79 Å². The van der Waals surface area contributed by atoms with Gasteiger partial charge >= 0.3 is 0 Å². The maximum absolute atomic E-state index is 11.6. The molecule has 1 aromatic rings. The van der Waals surface area contributed by atoms with Crippen LogP contribution in [0.4, 0.5) is 0 Å². The van der Waals surface area contributed by atoms with Crippen LogP contribution in [0.25, 0.3) is 0 Å². The average molecular weight is 396 g/mol. The van der Waals surface area contributed by atoms with E-state index in [0.717, 1.165) is 25.2 Å². The Hall–Kier alpha value is -1.41. The van der Waals surface area contributed by atoms with Gasteiger partial charge in [-0.25, -0.2) is 0 Å². The first-order valence-corrected chi connectivity index (χ1v) is 7.62. The second-order valence-electron chi connectivity index (χ2n) is 5.35. The molecule has 2 N–H and O–H groups in total. The fourth-order valence-corrected chi connectivity index (χ4v) is 2.81. The number of carbonyl (C=O) groups excluding carboxylic acids is 1. The molecule has 0 aromatic heterocycles. The van der Waals surface area contributed by atoms with Crippen LogP contribution in [-0.2, 0) is 11.3 Å². The number of carbonyl (C=O) groups is 1. The first-order chi connectivity index (χ1) is 11.1. The van der Waals surface area contributed by atoms with Gasteiger partial charge in [0.05, 0.1) is 27.9 Å². The first-order valence-electron chi connectivity index (χ1n) is 7.62. The van der Waals surface area contributed by atoms with E-state index in [-0.39, 0.29) is 37.3 Å². The van der Waals surface area contributed by atoms with Crippen LogP contribution in [0.2, 0.25) is 0 Å². The molecule has 25 heavy (non-hydrogen) atoms. The van der Waals surface area contributed by atoms with Crippen molar-refractivity contribution in [3.63, 3.8) is 0 Å². The fraction of sp³-hybridized carbons (Fsp3) is 0.562. The molecule has 7 nitrogen and oxygen atoms in total. The maximum Gasteiger partial charge on any atom is 0.236 e. The van der Waals surface area contributed by atoms with Crippen molar-refractivity contribution in [1.29, 1.82) is 0 Å². The summed E-state index contributed by atoms with van der Waals surface area (Å²) >= 11 is 0. The second-order valence-corrected chi connectivity index (χ2v) is 5.35. The Labute approximate surface area is 161 Å². The molecule has 1 aliphatic rings. The lowest BCUT2D eigenvalue weighted by Crippen LogP contribution is -2.49. The predicted octanol–water partition coefficient (Wildman–Crippen LogP) is 1.16. The van der Waals surface area contributed by atoms with Gasteiger partial charge in [0.1, 0.15) is 0 Å². The van der Waals surface area contributed by atoms with Gasteiger partial charge in [-0.1, -0.05) is 6.07 Å². The fourth-order valence-electron chi connectivity index (χ4n) is 2.81. The van der Waals surface area contributed by atoms with Crippen LogP contribution in [0, 0.1) is 0 Å². The van der Waals surface area contributed by atoms with Gasteiger partial charge in [-0.2, -0.15) is 0 Å². The first kappa shape index (κ1) is 23.6. The van der Waals surface area contributed by atoms with Gasteiger partial charge < -0.3 is 24.8 Å². The van der Waals surface area contributed by atoms with Crippen LogP contribution in [0.15, 0.2) is 12.1 Å². The number of ether oxygens (including phenoxy) is 3. The number of piperazine rings is 1. The topological polar surface area (TPSA) is 77.3 Å². The molecule has 9 heteroatoms. The Kier molecular flexibility index (Phi) is 10.6. The Bertz CT molecular complexity index is 552. The van der Waals surface area contributed by atoms with Gasteiger partial charge in [0.15, 0.2) is 11.5 Å². The minimum atomic E-state index is 0. The third kappa shape index (κ3) is 5.54. The molecule has 144 valence electrons. The van der Waals surface area contributed by atoms with Gasteiger partial charge in [-0.15, -0.1) is 24.8 Å². The lowest BCUT2D eigenvalue weighted by atomic mass is 10.1. The highest BCUT2D eigenvalue weighted by Crippen LogP contribution is 2.40.